The fourth-order valence-electron chi connectivity index (χ4n) is 4.29. The second kappa shape index (κ2) is 6.07. The van der Waals surface area contributed by atoms with Crippen molar-refractivity contribution >= 4 is 33.7 Å². The van der Waals surface area contributed by atoms with Crippen molar-refractivity contribution in [3.63, 3.8) is 0 Å². The van der Waals surface area contributed by atoms with E-state index in [1.807, 2.05) is 6.92 Å². The number of hydrogen-bond acceptors (Lipinski definition) is 6. The number of aromatic nitrogens is 6. The van der Waals surface area contributed by atoms with Crippen molar-refractivity contribution < 1.29 is 4.39 Å². The zero-order valence-electron chi connectivity index (χ0n) is 15.8. The van der Waals surface area contributed by atoms with E-state index in [0.29, 0.717) is 23.4 Å². The average Bonchev–Trinajstić information content (AvgIpc) is 3.25. The van der Waals surface area contributed by atoms with Gasteiger partial charge < -0.3 is 14.9 Å². The molecule has 1 fully saturated rings. The van der Waals surface area contributed by atoms with Gasteiger partial charge in [0.05, 0.1) is 29.9 Å². The number of anilines is 1. The van der Waals surface area contributed by atoms with E-state index in [2.05, 4.69) is 34.8 Å². The monoisotopic (exact) mass is 390 g/mol. The van der Waals surface area contributed by atoms with Gasteiger partial charge >= 0.3 is 0 Å². The Morgan fingerprint density at radius 3 is 2.93 bits per heavy atom. The van der Waals surface area contributed by atoms with Gasteiger partial charge in [0.25, 0.3) is 0 Å². The Morgan fingerprint density at radius 1 is 1.24 bits per heavy atom. The van der Waals surface area contributed by atoms with Gasteiger partial charge in [0.1, 0.15) is 23.5 Å². The first-order chi connectivity index (χ1) is 14.2. The first kappa shape index (κ1) is 16.6. The molecule has 1 unspecified atom stereocenters. The molecule has 4 heterocycles. The van der Waals surface area contributed by atoms with Crippen LogP contribution in [-0.2, 0) is 0 Å². The summed E-state index contributed by atoms with van der Waals surface area (Å²) in [5.41, 5.74) is 4.33. The normalized spacial score (nSPS) is 21.8. The molecule has 1 aliphatic heterocycles. The highest BCUT2D eigenvalue weighted by Crippen LogP contribution is 2.44. The fraction of sp³-hybridized carbons (Fsp3) is 0.350. The quantitative estimate of drug-likeness (QED) is 0.544. The molecular formula is C20H19FN8. The van der Waals surface area contributed by atoms with Crippen LogP contribution in [0, 0.1) is 11.7 Å². The highest BCUT2D eigenvalue weighted by Gasteiger charge is 2.39. The van der Waals surface area contributed by atoms with Crippen LogP contribution in [0.5, 0.6) is 0 Å². The second-order valence-corrected chi connectivity index (χ2v) is 7.79. The molecule has 0 amide bonds. The first-order valence-corrected chi connectivity index (χ1v) is 9.78. The number of nitrogens with one attached hydrogen (secondary N) is 2. The summed E-state index contributed by atoms with van der Waals surface area (Å²) in [7, 11) is 0. The summed E-state index contributed by atoms with van der Waals surface area (Å²) in [4.78, 5) is 25.0. The molecule has 2 N–H and O–H groups in total. The van der Waals surface area contributed by atoms with Crippen LogP contribution in [0.15, 0.2) is 35.8 Å². The van der Waals surface area contributed by atoms with Crippen molar-refractivity contribution in [2.45, 2.75) is 31.8 Å². The number of benzene rings is 1. The van der Waals surface area contributed by atoms with E-state index in [0.717, 1.165) is 41.8 Å². The van der Waals surface area contributed by atoms with E-state index in [4.69, 9.17) is 4.98 Å². The summed E-state index contributed by atoms with van der Waals surface area (Å²) in [6.45, 7) is 2.95. The molecule has 0 radical (unpaired) electrons. The molecule has 6 rings (SSSR count). The highest BCUT2D eigenvalue weighted by atomic mass is 19.1. The predicted octanol–water partition coefficient (Wildman–Crippen LogP) is 3.42. The summed E-state index contributed by atoms with van der Waals surface area (Å²) in [6, 6.07) is 4.95. The Balaban J connectivity index is 1.39. The van der Waals surface area contributed by atoms with Gasteiger partial charge in [-0.05, 0) is 38.0 Å². The molecule has 1 aromatic carbocycles. The van der Waals surface area contributed by atoms with Gasteiger partial charge in [0, 0.05) is 17.7 Å². The average molecular weight is 390 g/mol. The fourth-order valence-corrected chi connectivity index (χ4v) is 4.29. The smallest absolute Gasteiger partial charge is 0.182 e. The molecule has 29 heavy (non-hydrogen) atoms. The molecule has 9 heteroatoms. The van der Waals surface area contributed by atoms with Crippen LogP contribution in [0.25, 0.3) is 22.2 Å². The number of fused-ring (bicyclic) bond motifs is 2. The number of aromatic amines is 1. The van der Waals surface area contributed by atoms with Gasteiger partial charge in [-0.1, -0.05) is 0 Å². The lowest BCUT2D eigenvalue weighted by atomic mass is 9.78. The van der Waals surface area contributed by atoms with Gasteiger partial charge in [-0.15, -0.1) is 0 Å². The molecule has 8 nitrogen and oxygen atoms in total. The van der Waals surface area contributed by atoms with E-state index < -0.39 is 0 Å². The number of nitrogens with zero attached hydrogens (tertiary/aromatic N) is 6. The van der Waals surface area contributed by atoms with Crippen LogP contribution < -0.4 is 5.32 Å². The Morgan fingerprint density at radius 2 is 2.10 bits per heavy atom. The maximum absolute atomic E-state index is 14.0. The Kier molecular flexibility index (Phi) is 3.47. The molecule has 0 saturated heterocycles. The number of H-pyrrole nitrogens is 1. The van der Waals surface area contributed by atoms with Crippen LogP contribution in [0.1, 0.15) is 37.7 Å². The topological polar surface area (TPSA) is 96.7 Å². The van der Waals surface area contributed by atoms with Gasteiger partial charge in [0.2, 0.25) is 0 Å². The Hall–Kier alpha value is -3.36. The summed E-state index contributed by atoms with van der Waals surface area (Å²) < 4.78 is 16.2. The highest BCUT2D eigenvalue weighted by molar-refractivity contribution is 5.99. The van der Waals surface area contributed by atoms with Crippen LogP contribution in [-0.4, -0.2) is 41.7 Å². The lowest BCUT2D eigenvalue weighted by molar-refractivity contribution is 0.259. The number of hydrogen-bond donors (Lipinski definition) is 2. The third-order valence-electron chi connectivity index (χ3n) is 5.93. The van der Waals surface area contributed by atoms with Crippen molar-refractivity contribution in [2.24, 2.45) is 10.9 Å². The number of rotatable bonds is 5. The molecule has 4 aromatic rings. The molecule has 3 aromatic heterocycles. The minimum atomic E-state index is -0.247. The van der Waals surface area contributed by atoms with Gasteiger partial charge in [0.15, 0.2) is 11.5 Å². The molecule has 146 valence electrons. The van der Waals surface area contributed by atoms with E-state index in [9.17, 15) is 4.39 Å². The molecule has 1 saturated carbocycles. The maximum Gasteiger partial charge on any atom is 0.182 e. The van der Waals surface area contributed by atoms with E-state index in [-0.39, 0.29) is 11.9 Å². The third-order valence-corrected chi connectivity index (χ3v) is 5.93. The molecular weight excluding hydrogens is 371 g/mol. The number of halogens is 1. The van der Waals surface area contributed by atoms with Crippen LogP contribution in [0.4, 0.5) is 10.2 Å². The summed E-state index contributed by atoms with van der Waals surface area (Å²) >= 11 is 0. The predicted molar refractivity (Wildman–Crippen MR) is 107 cm³/mol. The zero-order valence-corrected chi connectivity index (χ0v) is 15.8. The van der Waals surface area contributed by atoms with Crippen molar-refractivity contribution in [3.8, 4) is 0 Å². The van der Waals surface area contributed by atoms with E-state index in [1.165, 1.54) is 18.1 Å². The Labute approximate surface area is 165 Å². The second-order valence-electron chi connectivity index (χ2n) is 7.79. The molecule has 0 spiro atoms. The minimum Gasteiger partial charge on any atom is -0.358 e. The van der Waals surface area contributed by atoms with E-state index in [1.54, 1.807) is 18.5 Å². The SMILES string of the molecule is CC(Nc1ncnc2nc[nH]c12)c1nc2ccc(F)cc2n1C1CC(C2=NC2)C1. The van der Waals surface area contributed by atoms with Crippen molar-refractivity contribution in [2.75, 3.05) is 11.9 Å². The Bertz CT molecular complexity index is 1270. The number of aliphatic imine (C=N–C) groups is 1. The van der Waals surface area contributed by atoms with Crippen LogP contribution >= 0.6 is 0 Å². The van der Waals surface area contributed by atoms with E-state index >= 15 is 0 Å². The standard InChI is InChI=1S/C20H19FN8/c1-10(27-19-17-18(24-8-23-17)25-9-26-19)20-28-14-3-2-12(21)6-16(14)29(20)13-4-11(5-13)15-7-22-15/h2-3,6,8-11,13H,4-5,7H2,1H3,(H2,23,24,25,26,27). The third kappa shape index (κ3) is 2.68. The van der Waals surface area contributed by atoms with Crippen molar-refractivity contribution in [1.82, 2.24) is 29.5 Å². The zero-order chi connectivity index (χ0) is 19.5. The summed E-state index contributed by atoms with van der Waals surface area (Å²) in [5, 5.41) is 3.43. The lowest BCUT2D eigenvalue weighted by Crippen LogP contribution is -2.31. The van der Waals surface area contributed by atoms with Gasteiger partial charge in [-0.3, -0.25) is 4.99 Å². The summed E-state index contributed by atoms with van der Waals surface area (Å²) in [5.74, 6) is 1.86. The summed E-state index contributed by atoms with van der Waals surface area (Å²) in [6.07, 6.45) is 5.14. The largest absolute Gasteiger partial charge is 0.358 e. The molecule has 1 aliphatic carbocycles. The van der Waals surface area contributed by atoms with Crippen molar-refractivity contribution in [3.05, 3.63) is 42.5 Å². The molecule has 1 atom stereocenters. The molecule has 2 aliphatic rings. The first-order valence-electron chi connectivity index (χ1n) is 9.78. The van der Waals surface area contributed by atoms with Crippen LogP contribution in [0.3, 0.4) is 0 Å². The maximum atomic E-state index is 14.0. The number of imidazole rings is 2. The lowest BCUT2D eigenvalue weighted by Gasteiger charge is -2.36. The minimum absolute atomic E-state index is 0.135. The van der Waals surface area contributed by atoms with Gasteiger partial charge in [-0.2, -0.15) is 0 Å². The molecule has 0 bridgehead atoms. The van der Waals surface area contributed by atoms with Crippen LogP contribution in [0.2, 0.25) is 0 Å². The van der Waals surface area contributed by atoms with Crippen molar-refractivity contribution in [1.29, 1.82) is 0 Å². The van der Waals surface area contributed by atoms with Gasteiger partial charge in [-0.25, -0.2) is 24.3 Å².